The first-order valence-corrected chi connectivity index (χ1v) is 8.17. The zero-order valence-corrected chi connectivity index (χ0v) is 14.7. The van der Waals surface area contributed by atoms with Crippen molar-refractivity contribution in [2.24, 2.45) is 5.41 Å². The molecule has 6 nitrogen and oxygen atoms in total. The number of rotatable bonds is 3. The molecular formula is C17H27NO5. The molecule has 1 amide bonds. The van der Waals surface area contributed by atoms with E-state index >= 15 is 0 Å². The van der Waals surface area contributed by atoms with Gasteiger partial charge in [0.15, 0.2) is 0 Å². The van der Waals surface area contributed by atoms with E-state index in [9.17, 15) is 14.4 Å². The van der Waals surface area contributed by atoms with E-state index in [-0.39, 0.29) is 36.4 Å². The Morgan fingerprint density at radius 1 is 1.13 bits per heavy atom. The first-order chi connectivity index (χ1) is 10.6. The molecule has 0 aliphatic carbocycles. The smallest absolute Gasteiger partial charge is 0.410 e. The van der Waals surface area contributed by atoms with Crippen LogP contribution in [0.3, 0.4) is 0 Å². The van der Waals surface area contributed by atoms with Gasteiger partial charge >= 0.3 is 12.1 Å². The summed E-state index contributed by atoms with van der Waals surface area (Å²) in [6.45, 7) is 7.01. The molecule has 2 fully saturated rings. The topological polar surface area (TPSA) is 72.9 Å². The summed E-state index contributed by atoms with van der Waals surface area (Å²) in [4.78, 5) is 38.2. The standard InChI is InChI=1S/C17H27NO5/c1-11(19)8-17(14(20)22-5)9-12-6-7-13(10-17)18(12)15(21)23-16(2,3)4/h12-13H,6-10H2,1-5H3/t12-,13+,17+. The van der Waals surface area contributed by atoms with Crippen LogP contribution in [0.4, 0.5) is 4.79 Å². The van der Waals surface area contributed by atoms with Crippen molar-refractivity contribution in [2.75, 3.05) is 7.11 Å². The highest BCUT2D eigenvalue weighted by Crippen LogP contribution is 2.48. The van der Waals surface area contributed by atoms with Crippen LogP contribution in [0.2, 0.25) is 0 Å². The summed E-state index contributed by atoms with van der Waals surface area (Å²) in [5.74, 6) is -0.367. The normalized spacial score (nSPS) is 30.0. The SMILES string of the molecule is COC(=O)[C@@]1(CC(C)=O)C[C@H]2CC[C@@H](C1)N2C(=O)OC(C)(C)C. The molecule has 0 aromatic carbocycles. The van der Waals surface area contributed by atoms with Gasteiger partial charge in [-0.15, -0.1) is 0 Å². The average molecular weight is 325 g/mol. The monoisotopic (exact) mass is 325 g/mol. The molecule has 2 rings (SSSR count). The summed E-state index contributed by atoms with van der Waals surface area (Å²) in [6, 6.07) is -0.135. The maximum absolute atomic E-state index is 12.5. The van der Waals surface area contributed by atoms with Crippen molar-refractivity contribution in [3.63, 3.8) is 0 Å². The second kappa shape index (κ2) is 6.13. The van der Waals surface area contributed by atoms with Crippen LogP contribution in [0.1, 0.15) is 59.8 Å². The number of carbonyl (C=O) groups is 3. The highest BCUT2D eigenvalue weighted by molar-refractivity contribution is 5.86. The van der Waals surface area contributed by atoms with Gasteiger partial charge in [0.05, 0.1) is 12.5 Å². The molecule has 3 atom stereocenters. The van der Waals surface area contributed by atoms with Gasteiger partial charge in [-0.25, -0.2) is 4.79 Å². The van der Waals surface area contributed by atoms with Crippen molar-refractivity contribution in [1.29, 1.82) is 0 Å². The summed E-state index contributed by atoms with van der Waals surface area (Å²) >= 11 is 0. The number of ketones is 1. The molecule has 2 aliphatic heterocycles. The van der Waals surface area contributed by atoms with E-state index in [1.807, 2.05) is 20.8 Å². The van der Waals surface area contributed by atoms with Gasteiger partial charge < -0.3 is 14.4 Å². The Bertz CT molecular complexity index is 494. The fourth-order valence-electron chi connectivity index (χ4n) is 4.04. The number of hydrogen-bond donors (Lipinski definition) is 0. The van der Waals surface area contributed by atoms with Gasteiger partial charge in [-0.2, -0.15) is 0 Å². The van der Waals surface area contributed by atoms with Crippen molar-refractivity contribution in [1.82, 2.24) is 4.90 Å². The maximum Gasteiger partial charge on any atom is 0.410 e. The lowest BCUT2D eigenvalue weighted by Gasteiger charge is -2.44. The molecule has 2 heterocycles. The number of carbonyl (C=O) groups excluding carboxylic acids is 3. The molecular weight excluding hydrogens is 298 g/mol. The first kappa shape index (κ1) is 17.8. The third-order valence-electron chi connectivity index (χ3n) is 4.68. The minimum atomic E-state index is -0.801. The van der Waals surface area contributed by atoms with Crippen molar-refractivity contribution < 1.29 is 23.9 Å². The molecule has 6 heteroatoms. The zero-order chi connectivity index (χ0) is 17.4. The maximum atomic E-state index is 12.5. The summed E-state index contributed by atoms with van der Waals surface area (Å²) < 4.78 is 10.5. The second-order valence-electron chi connectivity index (χ2n) is 7.83. The van der Waals surface area contributed by atoms with Crippen LogP contribution < -0.4 is 0 Å². The minimum absolute atomic E-state index is 0.0273. The predicted octanol–water partition coefficient (Wildman–Crippen LogP) is 2.69. The fourth-order valence-corrected chi connectivity index (χ4v) is 4.04. The average Bonchev–Trinajstić information content (AvgIpc) is 2.68. The van der Waals surface area contributed by atoms with E-state index in [2.05, 4.69) is 0 Å². The van der Waals surface area contributed by atoms with Crippen molar-refractivity contribution >= 4 is 17.8 Å². The minimum Gasteiger partial charge on any atom is -0.469 e. The van der Waals surface area contributed by atoms with Gasteiger partial charge in [0.1, 0.15) is 11.4 Å². The number of amides is 1. The lowest BCUT2D eigenvalue weighted by atomic mass is 9.71. The summed E-state index contributed by atoms with van der Waals surface area (Å²) in [6.07, 6.45) is 2.45. The molecule has 0 N–H and O–H groups in total. The summed E-state index contributed by atoms with van der Waals surface area (Å²) in [5, 5.41) is 0. The highest BCUT2D eigenvalue weighted by Gasteiger charge is 2.55. The molecule has 2 bridgehead atoms. The quantitative estimate of drug-likeness (QED) is 0.746. The fraction of sp³-hybridized carbons (Fsp3) is 0.824. The van der Waals surface area contributed by atoms with Crippen LogP contribution in [-0.4, -0.2) is 47.5 Å². The van der Waals surface area contributed by atoms with E-state index < -0.39 is 11.0 Å². The van der Waals surface area contributed by atoms with Gasteiger partial charge in [-0.3, -0.25) is 9.59 Å². The van der Waals surface area contributed by atoms with Gasteiger partial charge in [-0.1, -0.05) is 0 Å². The Hall–Kier alpha value is -1.59. The number of fused-ring (bicyclic) bond motifs is 2. The Balaban J connectivity index is 2.21. The van der Waals surface area contributed by atoms with Crippen LogP contribution >= 0.6 is 0 Å². The molecule has 0 aromatic rings. The van der Waals surface area contributed by atoms with E-state index in [1.165, 1.54) is 14.0 Å². The number of esters is 1. The predicted molar refractivity (Wildman–Crippen MR) is 83.9 cm³/mol. The molecule has 130 valence electrons. The molecule has 2 saturated heterocycles. The van der Waals surface area contributed by atoms with E-state index in [0.717, 1.165) is 12.8 Å². The Labute approximate surface area is 137 Å². The number of methoxy groups -OCH3 is 1. The van der Waals surface area contributed by atoms with Crippen LogP contribution in [0.25, 0.3) is 0 Å². The number of nitrogens with zero attached hydrogens (tertiary/aromatic N) is 1. The molecule has 0 aromatic heterocycles. The lowest BCUT2D eigenvalue weighted by molar-refractivity contribution is -0.160. The van der Waals surface area contributed by atoms with Crippen molar-refractivity contribution in [2.45, 2.75) is 77.5 Å². The number of Topliss-reactive ketones (excluding diaryl/α,β-unsaturated/α-hetero) is 1. The molecule has 0 spiro atoms. The van der Waals surface area contributed by atoms with E-state index in [4.69, 9.17) is 9.47 Å². The van der Waals surface area contributed by atoms with E-state index in [0.29, 0.717) is 12.8 Å². The lowest BCUT2D eigenvalue weighted by Crippen LogP contribution is -2.54. The molecule has 0 unspecified atom stereocenters. The summed E-state index contributed by atoms with van der Waals surface area (Å²) in [5.41, 5.74) is -1.35. The van der Waals surface area contributed by atoms with Crippen molar-refractivity contribution in [3.05, 3.63) is 0 Å². The van der Waals surface area contributed by atoms with Crippen LogP contribution in [0, 0.1) is 5.41 Å². The van der Waals surface area contributed by atoms with Crippen LogP contribution in [0.15, 0.2) is 0 Å². The Morgan fingerprint density at radius 2 is 1.65 bits per heavy atom. The molecule has 23 heavy (non-hydrogen) atoms. The van der Waals surface area contributed by atoms with Gasteiger partial charge in [-0.05, 0) is 53.4 Å². The summed E-state index contributed by atoms with van der Waals surface area (Å²) in [7, 11) is 1.35. The highest BCUT2D eigenvalue weighted by atomic mass is 16.6. The van der Waals surface area contributed by atoms with Gasteiger partial charge in [0.25, 0.3) is 0 Å². The molecule has 0 saturated carbocycles. The molecule has 0 radical (unpaired) electrons. The van der Waals surface area contributed by atoms with Crippen LogP contribution in [-0.2, 0) is 19.1 Å². The first-order valence-electron chi connectivity index (χ1n) is 8.17. The van der Waals surface area contributed by atoms with Gasteiger partial charge in [0, 0.05) is 18.5 Å². The van der Waals surface area contributed by atoms with E-state index in [1.54, 1.807) is 4.90 Å². The largest absolute Gasteiger partial charge is 0.469 e. The number of piperidine rings is 1. The van der Waals surface area contributed by atoms with Crippen LogP contribution in [0.5, 0.6) is 0 Å². The van der Waals surface area contributed by atoms with Crippen molar-refractivity contribution in [3.8, 4) is 0 Å². The zero-order valence-electron chi connectivity index (χ0n) is 14.7. The second-order valence-corrected chi connectivity index (χ2v) is 7.83. The number of hydrogen-bond acceptors (Lipinski definition) is 5. The Kier molecular flexibility index (Phi) is 4.74. The number of ether oxygens (including phenoxy) is 2. The third-order valence-corrected chi connectivity index (χ3v) is 4.68. The molecule has 2 aliphatic rings. The van der Waals surface area contributed by atoms with Gasteiger partial charge in [0.2, 0.25) is 0 Å². The Morgan fingerprint density at radius 3 is 2.04 bits per heavy atom. The third kappa shape index (κ3) is 3.67.